The van der Waals surface area contributed by atoms with Crippen LogP contribution in [0.3, 0.4) is 0 Å². The predicted octanol–water partition coefficient (Wildman–Crippen LogP) is 4.61. The first-order valence-electron chi connectivity index (χ1n) is 13.7. The van der Waals surface area contributed by atoms with E-state index in [2.05, 4.69) is 74.1 Å². The topological polar surface area (TPSA) is 90.1 Å². The second kappa shape index (κ2) is 10.4. The Morgan fingerprint density at radius 3 is 2.84 bits per heavy atom. The van der Waals surface area contributed by atoms with Crippen molar-refractivity contribution in [2.75, 3.05) is 11.9 Å². The number of imidazole rings is 1. The summed E-state index contributed by atoms with van der Waals surface area (Å²) in [6.45, 7) is 0.766. The molecule has 1 unspecified atom stereocenters. The molecular weight excluding hydrogens is 462 g/mol. The smallest absolute Gasteiger partial charge is 0.244 e. The minimum Gasteiger partial charge on any atom is -0.381 e. The number of rotatable bonds is 5. The fourth-order valence-electron chi connectivity index (χ4n) is 6.87. The van der Waals surface area contributed by atoms with Gasteiger partial charge in [-0.05, 0) is 43.4 Å². The molecule has 1 saturated heterocycles. The maximum atomic E-state index is 14.2. The molecule has 2 aliphatic heterocycles. The number of nitrogens with one attached hydrogen (secondary N) is 3. The standard InChI is InChI=1S/C30H35N5O2/c36-27(15-14-26-31-17-18-32-26)33-25-13-7-5-11-22(25)30(37)35-19-16-23-28(20-8-2-1-3-9-20)34-24-12-6-4-10-21(24)29(23)35/h1-4,6,8,10,12,14-15,17-18,20,22-23,25,28-29,34H,5,7,9,11,13,16,19H2,(H,31,32)(H,33,36)/b15-14+/t20?,22-,23+,25+,28-,29-/m0/s1. The summed E-state index contributed by atoms with van der Waals surface area (Å²) in [4.78, 5) is 36.1. The number of carbonyl (C=O) groups is 2. The average Bonchev–Trinajstić information content (AvgIpc) is 3.63. The second-order valence-corrected chi connectivity index (χ2v) is 10.7. The Morgan fingerprint density at radius 1 is 1.11 bits per heavy atom. The van der Waals surface area contributed by atoms with Crippen LogP contribution in [0.25, 0.3) is 6.08 Å². The highest BCUT2D eigenvalue weighted by Crippen LogP contribution is 2.49. The van der Waals surface area contributed by atoms with Crippen molar-refractivity contribution in [3.63, 3.8) is 0 Å². The van der Waals surface area contributed by atoms with Crippen molar-refractivity contribution >= 4 is 23.6 Å². The number of nitrogens with zero attached hydrogens (tertiary/aromatic N) is 2. The van der Waals surface area contributed by atoms with Crippen LogP contribution in [0.1, 0.15) is 56.0 Å². The summed E-state index contributed by atoms with van der Waals surface area (Å²) in [5.74, 6) is 1.26. The van der Waals surface area contributed by atoms with Crippen LogP contribution in [0.5, 0.6) is 0 Å². The number of hydrogen-bond acceptors (Lipinski definition) is 4. The highest BCUT2D eigenvalue weighted by Gasteiger charge is 2.49. The Morgan fingerprint density at radius 2 is 2.00 bits per heavy atom. The Kier molecular flexibility index (Phi) is 6.68. The van der Waals surface area contributed by atoms with Crippen LogP contribution in [-0.4, -0.2) is 45.3 Å². The van der Waals surface area contributed by atoms with E-state index in [1.54, 1.807) is 18.5 Å². The highest BCUT2D eigenvalue weighted by molar-refractivity contribution is 5.92. The Bertz CT molecular complexity index is 1220. The van der Waals surface area contributed by atoms with Crippen molar-refractivity contribution in [1.82, 2.24) is 20.2 Å². The third-order valence-corrected chi connectivity index (χ3v) is 8.59. The van der Waals surface area contributed by atoms with E-state index in [4.69, 9.17) is 0 Å². The molecule has 2 aliphatic carbocycles. The molecule has 3 N–H and O–H groups in total. The van der Waals surface area contributed by atoms with Crippen LogP contribution in [-0.2, 0) is 9.59 Å². The second-order valence-electron chi connectivity index (χ2n) is 10.7. The third-order valence-electron chi connectivity index (χ3n) is 8.59. The first kappa shape index (κ1) is 23.8. The van der Waals surface area contributed by atoms with Gasteiger partial charge in [0.2, 0.25) is 11.8 Å². The molecule has 192 valence electrons. The quantitative estimate of drug-likeness (QED) is 0.526. The number of carbonyl (C=O) groups excluding carboxylic acids is 2. The van der Waals surface area contributed by atoms with Crippen molar-refractivity contribution in [3.05, 3.63) is 78.4 Å². The van der Waals surface area contributed by atoms with Gasteiger partial charge in [-0.25, -0.2) is 4.98 Å². The van der Waals surface area contributed by atoms with Crippen molar-refractivity contribution in [3.8, 4) is 0 Å². The zero-order valence-electron chi connectivity index (χ0n) is 21.1. The van der Waals surface area contributed by atoms with Gasteiger partial charge in [-0.3, -0.25) is 9.59 Å². The number of aromatic nitrogens is 2. The van der Waals surface area contributed by atoms with Crippen LogP contribution in [0.4, 0.5) is 5.69 Å². The maximum Gasteiger partial charge on any atom is 0.244 e. The van der Waals surface area contributed by atoms with Crippen LogP contribution in [0.2, 0.25) is 0 Å². The van der Waals surface area contributed by atoms with Crippen molar-refractivity contribution in [1.29, 1.82) is 0 Å². The summed E-state index contributed by atoms with van der Waals surface area (Å²) in [5.41, 5.74) is 2.37. The van der Waals surface area contributed by atoms with E-state index in [1.165, 1.54) is 11.6 Å². The molecular formula is C30H35N5O2. The lowest BCUT2D eigenvalue weighted by Gasteiger charge is -2.44. The van der Waals surface area contributed by atoms with Gasteiger partial charge in [-0.1, -0.05) is 55.3 Å². The molecule has 0 radical (unpaired) electrons. The molecule has 1 saturated carbocycles. The number of amides is 2. The van der Waals surface area contributed by atoms with Crippen molar-refractivity contribution in [2.24, 2.45) is 17.8 Å². The van der Waals surface area contributed by atoms with Gasteiger partial charge in [-0.2, -0.15) is 0 Å². The first-order valence-corrected chi connectivity index (χ1v) is 13.7. The van der Waals surface area contributed by atoms with Gasteiger partial charge in [0, 0.05) is 54.6 Å². The molecule has 0 bridgehead atoms. The molecule has 3 heterocycles. The summed E-state index contributed by atoms with van der Waals surface area (Å²) in [5, 5.41) is 6.99. The summed E-state index contributed by atoms with van der Waals surface area (Å²) < 4.78 is 0. The Hall–Kier alpha value is -3.61. The van der Waals surface area contributed by atoms with Crippen molar-refractivity contribution in [2.45, 2.75) is 56.7 Å². The van der Waals surface area contributed by atoms with Gasteiger partial charge >= 0.3 is 0 Å². The predicted molar refractivity (Wildman–Crippen MR) is 144 cm³/mol. The lowest BCUT2D eigenvalue weighted by molar-refractivity contribution is -0.139. The number of anilines is 1. The van der Waals surface area contributed by atoms with Gasteiger partial charge in [0.25, 0.3) is 0 Å². The van der Waals surface area contributed by atoms with E-state index in [0.717, 1.165) is 50.8 Å². The minimum absolute atomic E-state index is 0.0754. The summed E-state index contributed by atoms with van der Waals surface area (Å²) in [6, 6.07) is 8.71. The molecule has 2 amide bonds. The number of hydrogen-bond donors (Lipinski definition) is 3. The molecule has 1 aromatic heterocycles. The fourth-order valence-corrected chi connectivity index (χ4v) is 6.87. The van der Waals surface area contributed by atoms with Gasteiger partial charge in [-0.15, -0.1) is 0 Å². The van der Waals surface area contributed by atoms with Gasteiger partial charge in [0.15, 0.2) is 0 Å². The number of likely N-dealkylation sites (tertiary alicyclic amines) is 1. The molecule has 6 atom stereocenters. The maximum absolute atomic E-state index is 14.2. The zero-order valence-corrected chi connectivity index (χ0v) is 21.1. The summed E-state index contributed by atoms with van der Waals surface area (Å²) >= 11 is 0. The van der Waals surface area contributed by atoms with Gasteiger partial charge in [0.1, 0.15) is 5.82 Å². The number of H-pyrrole nitrogens is 1. The first-order chi connectivity index (χ1) is 18.2. The molecule has 7 nitrogen and oxygen atoms in total. The molecule has 37 heavy (non-hydrogen) atoms. The van der Waals surface area contributed by atoms with Crippen LogP contribution >= 0.6 is 0 Å². The highest BCUT2D eigenvalue weighted by atomic mass is 16.2. The number of fused-ring (bicyclic) bond motifs is 3. The van der Waals surface area contributed by atoms with Gasteiger partial charge in [0.05, 0.1) is 12.0 Å². The van der Waals surface area contributed by atoms with E-state index < -0.39 is 0 Å². The number of aromatic amines is 1. The SMILES string of the molecule is O=C(/C=C/c1ncc[nH]1)N[C@@H]1CCCC[C@@H]1C(=O)N1CC[C@@H]2[C@H](C3C=CC=CC3)Nc3ccccc3[C@@H]21. The molecule has 0 spiro atoms. The van der Waals surface area contributed by atoms with E-state index in [-0.39, 0.29) is 29.8 Å². The average molecular weight is 498 g/mol. The van der Waals surface area contributed by atoms with E-state index in [9.17, 15) is 9.59 Å². The number of benzene rings is 1. The van der Waals surface area contributed by atoms with E-state index in [0.29, 0.717) is 23.7 Å². The normalized spacial score (nSPS) is 30.5. The lowest BCUT2D eigenvalue weighted by atomic mass is 9.75. The number of para-hydroxylation sites is 1. The van der Waals surface area contributed by atoms with Crippen LogP contribution < -0.4 is 10.6 Å². The monoisotopic (exact) mass is 497 g/mol. The summed E-state index contributed by atoms with van der Waals surface area (Å²) in [6.07, 6.45) is 21.1. The molecule has 2 aromatic rings. The van der Waals surface area contributed by atoms with E-state index >= 15 is 0 Å². The molecule has 2 fully saturated rings. The number of allylic oxidation sites excluding steroid dienone is 3. The summed E-state index contributed by atoms with van der Waals surface area (Å²) in [7, 11) is 0. The molecule has 7 heteroatoms. The lowest BCUT2D eigenvalue weighted by Crippen LogP contribution is -2.50. The van der Waals surface area contributed by atoms with Crippen molar-refractivity contribution < 1.29 is 9.59 Å². The molecule has 4 aliphatic rings. The zero-order chi connectivity index (χ0) is 25.2. The van der Waals surface area contributed by atoms with Gasteiger partial charge < -0.3 is 20.5 Å². The molecule has 6 rings (SSSR count). The largest absolute Gasteiger partial charge is 0.381 e. The minimum atomic E-state index is -0.188. The molecule has 1 aromatic carbocycles. The van der Waals surface area contributed by atoms with Crippen LogP contribution in [0, 0.1) is 17.8 Å². The van der Waals surface area contributed by atoms with E-state index in [1.807, 2.05) is 0 Å². The van der Waals surface area contributed by atoms with Crippen LogP contribution in [0.15, 0.2) is 67.0 Å². The third kappa shape index (κ3) is 4.75. The Balaban J connectivity index is 1.22. The Labute approximate surface area is 218 Å². The fraction of sp³-hybridized carbons (Fsp3) is 0.433.